The number of H-pyrrole nitrogens is 1. The monoisotopic (exact) mass is 391 g/mol. The van der Waals surface area contributed by atoms with E-state index in [1.807, 2.05) is 35.2 Å². The van der Waals surface area contributed by atoms with Gasteiger partial charge in [-0.25, -0.2) is 0 Å². The fourth-order valence-corrected chi connectivity index (χ4v) is 4.15. The highest BCUT2D eigenvalue weighted by Crippen LogP contribution is 2.53. The van der Waals surface area contributed by atoms with Gasteiger partial charge in [0.25, 0.3) is 5.91 Å². The van der Waals surface area contributed by atoms with Crippen molar-refractivity contribution >= 4 is 11.8 Å². The van der Waals surface area contributed by atoms with Crippen molar-refractivity contribution in [2.45, 2.75) is 25.3 Å². The summed E-state index contributed by atoms with van der Waals surface area (Å²) in [5, 5.41) is 13.6. The predicted molar refractivity (Wildman–Crippen MR) is 104 cm³/mol. The van der Waals surface area contributed by atoms with Gasteiger partial charge in [0.05, 0.1) is 24.9 Å². The molecule has 1 saturated carbocycles. The zero-order chi connectivity index (χ0) is 19.8. The van der Waals surface area contributed by atoms with Crippen LogP contribution in [-0.2, 0) is 11.2 Å². The molecule has 2 aliphatic rings. The molecule has 1 unspecified atom stereocenters. The quantitative estimate of drug-likeness (QED) is 0.693. The molecule has 1 saturated heterocycles. The standard InChI is InChI=1S/C21H21N5O3/c27-18(8-14-9-22-23-10-14)25-17-12-26(13-21(17)6-7-21)20(28)16-11-24-29-19(16)15-4-2-1-3-5-15/h1-5,9-11,17H,6-8,12-13H2,(H,22,23)(H,25,27). The average Bonchev–Trinajstić information content (AvgIpc) is 3.09. The van der Waals surface area contributed by atoms with Gasteiger partial charge in [-0.05, 0) is 18.4 Å². The van der Waals surface area contributed by atoms with Crippen molar-refractivity contribution in [2.24, 2.45) is 5.41 Å². The number of rotatable bonds is 5. The molecule has 2 amide bonds. The Morgan fingerprint density at radius 2 is 2.07 bits per heavy atom. The number of hydrogen-bond acceptors (Lipinski definition) is 5. The van der Waals surface area contributed by atoms with Crippen LogP contribution in [-0.4, -0.2) is 51.2 Å². The minimum absolute atomic E-state index is 0.00814. The molecule has 1 aliphatic heterocycles. The Balaban J connectivity index is 1.30. The Hall–Kier alpha value is -3.42. The molecule has 8 nitrogen and oxygen atoms in total. The maximum atomic E-state index is 13.2. The zero-order valence-corrected chi connectivity index (χ0v) is 15.8. The van der Waals surface area contributed by atoms with E-state index in [0.717, 1.165) is 24.0 Å². The molecule has 29 heavy (non-hydrogen) atoms. The van der Waals surface area contributed by atoms with Crippen molar-refractivity contribution in [3.8, 4) is 11.3 Å². The smallest absolute Gasteiger partial charge is 0.259 e. The van der Waals surface area contributed by atoms with E-state index in [-0.39, 0.29) is 29.7 Å². The molecule has 1 atom stereocenters. The summed E-state index contributed by atoms with van der Waals surface area (Å²) in [5.74, 6) is 0.322. The Labute approximate surface area is 167 Å². The van der Waals surface area contributed by atoms with E-state index in [1.54, 1.807) is 12.4 Å². The Kier molecular flexibility index (Phi) is 4.19. The lowest BCUT2D eigenvalue weighted by Crippen LogP contribution is -2.42. The number of nitrogens with zero attached hydrogens (tertiary/aromatic N) is 3. The van der Waals surface area contributed by atoms with E-state index in [2.05, 4.69) is 20.7 Å². The van der Waals surface area contributed by atoms with Crippen LogP contribution in [0.4, 0.5) is 0 Å². The molecule has 2 N–H and O–H groups in total. The predicted octanol–water partition coefficient (Wildman–Crippen LogP) is 2.03. The summed E-state index contributed by atoms with van der Waals surface area (Å²) in [7, 11) is 0. The number of carbonyl (C=O) groups is 2. The van der Waals surface area contributed by atoms with Gasteiger partial charge < -0.3 is 14.7 Å². The fraction of sp³-hybridized carbons (Fsp3) is 0.333. The van der Waals surface area contributed by atoms with Crippen molar-refractivity contribution in [3.05, 3.63) is 60.0 Å². The van der Waals surface area contributed by atoms with E-state index in [0.29, 0.717) is 24.4 Å². The molecule has 0 bridgehead atoms. The molecule has 2 fully saturated rings. The van der Waals surface area contributed by atoms with Gasteiger partial charge in [0.2, 0.25) is 5.91 Å². The van der Waals surface area contributed by atoms with Crippen molar-refractivity contribution in [2.75, 3.05) is 13.1 Å². The SMILES string of the molecule is O=C(Cc1cn[nH]c1)NC1CN(C(=O)c2cnoc2-c2ccccc2)CC12CC2. The molecular weight excluding hydrogens is 370 g/mol. The van der Waals surface area contributed by atoms with Crippen LogP contribution in [0.2, 0.25) is 0 Å². The minimum atomic E-state index is -0.108. The fourth-order valence-electron chi connectivity index (χ4n) is 4.15. The lowest BCUT2D eigenvalue weighted by atomic mass is 10.0. The number of nitrogens with one attached hydrogen (secondary N) is 2. The van der Waals surface area contributed by atoms with E-state index < -0.39 is 0 Å². The molecule has 148 valence electrons. The van der Waals surface area contributed by atoms with Crippen LogP contribution in [0.3, 0.4) is 0 Å². The first-order valence-corrected chi connectivity index (χ1v) is 9.71. The first kappa shape index (κ1) is 17.7. The highest BCUT2D eigenvalue weighted by atomic mass is 16.5. The summed E-state index contributed by atoms with van der Waals surface area (Å²) in [6.45, 7) is 1.14. The van der Waals surface area contributed by atoms with E-state index in [9.17, 15) is 9.59 Å². The lowest BCUT2D eigenvalue weighted by Gasteiger charge is -2.18. The molecule has 5 rings (SSSR count). The van der Waals surface area contributed by atoms with Crippen LogP contribution in [0.15, 0.2) is 53.4 Å². The van der Waals surface area contributed by atoms with Gasteiger partial charge in [-0.15, -0.1) is 0 Å². The number of likely N-dealkylation sites (tertiary alicyclic amines) is 1. The Morgan fingerprint density at radius 1 is 1.24 bits per heavy atom. The van der Waals surface area contributed by atoms with E-state index in [4.69, 9.17) is 4.52 Å². The van der Waals surface area contributed by atoms with Crippen LogP contribution in [0, 0.1) is 5.41 Å². The summed E-state index contributed by atoms with van der Waals surface area (Å²) >= 11 is 0. The number of aromatic nitrogens is 3. The summed E-state index contributed by atoms with van der Waals surface area (Å²) < 4.78 is 5.37. The van der Waals surface area contributed by atoms with Gasteiger partial charge in [0.15, 0.2) is 5.76 Å². The second kappa shape index (κ2) is 6.88. The van der Waals surface area contributed by atoms with Gasteiger partial charge in [-0.2, -0.15) is 5.10 Å². The van der Waals surface area contributed by atoms with Gasteiger partial charge in [0, 0.05) is 30.3 Å². The number of benzene rings is 1. The normalized spacial score (nSPS) is 19.4. The summed E-state index contributed by atoms with van der Waals surface area (Å²) in [6, 6.07) is 9.45. The number of carbonyl (C=O) groups excluding carboxylic acids is 2. The van der Waals surface area contributed by atoms with Gasteiger partial charge in [-0.1, -0.05) is 35.5 Å². The zero-order valence-electron chi connectivity index (χ0n) is 15.8. The van der Waals surface area contributed by atoms with E-state index >= 15 is 0 Å². The van der Waals surface area contributed by atoms with Gasteiger partial charge >= 0.3 is 0 Å². The molecule has 2 aromatic heterocycles. The van der Waals surface area contributed by atoms with Crippen molar-refractivity contribution in [1.82, 2.24) is 25.6 Å². The maximum Gasteiger partial charge on any atom is 0.259 e. The Morgan fingerprint density at radius 3 is 2.79 bits per heavy atom. The molecule has 1 aromatic carbocycles. The third-order valence-electron chi connectivity index (χ3n) is 5.92. The summed E-state index contributed by atoms with van der Waals surface area (Å²) in [5.41, 5.74) is 2.11. The molecular formula is C21H21N5O3. The topological polar surface area (TPSA) is 104 Å². The van der Waals surface area contributed by atoms with Crippen molar-refractivity contribution in [3.63, 3.8) is 0 Å². The minimum Gasteiger partial charge on any atom is -0.355 e. The Bertz CT molecular complexity index is 1020. The first-order chi connectivity index (χ1) is 14.1. The molecule has 3 aromatic rings. The second-order valence-corrected chi connectivity index (χ2v) is 7.89. The van der Waals surface area contributed by atoms with Crippen LogP contribution in [0.5, 0.6) is 0 Å². The lowest BCUT2D eigenvalue weighted by molar-refractivity contribution is -0.121. The van der Waals surface area contributed by atoms with Gasteiger partial charge in [-0.3, -0.25) is 14.7 Å². The molecule has 3 heterocycles. The van der Waals surface area contributed by atoms with Crippen molar-refractivity contribution in [1.29, 1.82) is 0 Å². The molecule has 0 radical (unpaired) electrons. The second-order valence-electron chi connectivity index (χ2n) is 7.89. The molecule has 8 heteroatoms. The van der Waals surface area contributed by atoms with Crippen LogP contribution < -0.4 is 5.32 Å². The van der Waals surface area contributed by atoms with Crippen LogP contribution >= 0.6 is 0 Å². The number of hydrogen-bond donors (Lipinski definition) is 2. The summed E-state index contributed by atoms with van der Waals surface area (Å²) in [6.07, 6.45) is 7.16. The highest BCUT2D eigenvalue weighted by molar-refractivity contribution is 5.99. The van der Waals surface area contributed by atoms with E-state index in [1.165, 1.54) is 6.20 Å². The summed E-state index contributed by atoms with van der Waals surface area (Å²) in [4.78, 5) is 27.5. The first-order valence-electron chi connectivity index (χ1n) is 9.71. The van der Waals surface area contributed by atoms with Crippen LogP contribution in [0.1, 0.15) is 28.8 Å². The number of aromatic amines is 1. The third-order valence-corrected chi connectivity index (χ3v) is 5.92. The average molecular weight is 391 g/mol. The number of amides is 2. The largest absolute Gasteiger partial charge is 0.355 e. The highest BCUT2D eigenvalue weighted by Gasteiger charge is 2.56. The maximum absolute atomic E-state index is 13.2. The molecule has 1 spiro atoms. The molecule has 1 aliphatic carbocycles. The third kappa shape index (κ3) is 3.30. The van der Waals surface area contributed by atoms with Crippen LogP contribution in [0.25, 0.3) is 11.3 Å². The van der Waals surface area contributed by atoms with Gasteiger partial charge in [0.1, 0.15) is 5.56 Å². The van der Waals surface area contributed by atoms with Crippen molar-refractivity contribution < 1.29 is 14.1 Å².